The van der Waals surface area contributed by atoms with Crippen LogP contribution in [-0.4, -0.2) is 5.16 Å². The lowest BCUT2D eigenvalue weighted by Gasteiger charge is -2.38. The Morgan fingerprint density at radius 3 is 2.57 bits per heavy atom. The summed E-state index contributed by atoms with van der Waals surface area (Å²) in [5.41, 5.74) is 7.80. The second-order valence-corrected chi connectivity index (χ2v) is 9.13. The van der Waals surface area contributed by atoms with Crippen LogP contribution in [0.4, 0.5) is 4.39 Å². The molecule has 1 fully saturated rings. The number of rotatable bonds is 5. The van der Waals surface area contributed by atoms with E-state index in [-0.39, 0.29) is 11.2 Å². The van der Waals surface area contributed by atoms with Gasteiger partial charge in [-0.25, -0.2) is 4.39 Å². The number of aryl methyl sites for hydroxylation is 3. The third-order valence-corrected chi connectivity index (χ3v) is 7.44. The van der Waals surface area contributed by atoms with Crippen LogP contribution in [0.3, 0.4) is 0 Å². The predicted octanol–water partition coefficient (Wildman–Crippen LogP) is 6.98. The van der Waals surface area contributed by atoms with E-state index in [0.717, 1.165) is 43.6 Å². The van der Waals surface area contributed by atoms with E-state index in [4.69, 9.17) is 4.52 Å². The van der Waals surface area contributed by atoms with Crippen LogP contribution in [0.15, 0.2) is 47.0 Å². The highest BCUT2D eigenvalue weighted by molar-refractivity contribution is 5.70. The predicted molar refractivity (Wildman–Crippen MR) is 118 cm³/mol. The fourth-order valence-electron chi connectivity index (χ4n) is 5.64. The minimum Gasteiger partial charge on any atom is -0.360 e. The Labute approximate surface area is 178 Å². The summed E-state index contributed by atoms with van der Waals surface area (Å²) >= 11 is 0. The summed E-state index contributed by atoms with van der Waals surface area (Å²) in [6.45, 7) is 2.20. The Bertz CT molecular complexity index is 1030. The summed E-state index contributed by atoms with van der Waals surface area (Å²) < 4.78 is 19.4. The van der Waals surface area contributed by atoms with Crippen LogP contribution in [0.2, 0.25) is 0 Å². The first-order valence-electron chi connectivity index (χ1n) is 11.5. The topological polar surface area (TPSA) is 26.0 Å². The van der Waals surface area contributed by atoms with Gasteiger partial charge in [0.2, 0.25) is 0 Å². The van der Waals surface area contributed by atoms with Crippen LogP contribution in [0.5, 0.6) is 0 Å². The van der Waals surface area contributed by atoms with Crippen LogP contribution < -0.4 is 0 Å². The van der Waals surface area contributed by atoms with E-state index in [1.807, 2.05) is 12.1 Å². The molecule has 0 saturated heterocycles. The third kappa shape index (κ3) is 3.49. The van der Waals surface area contributed by atoms with Crippen molar-refractivity contribution in [1.29, 1.82) is 0 Å². The molecule has 2 nitrogen and oxygen atoms in total. The van der Waals surface area contributed by atoms with Crippen LogP contribution in [0.25, 0.3) is 11.3 Å². The molecule has 1 saturated carbocycles. The second-order valence-electron chi connectivity index (χ2n) is 9.13. The summed E-state index contributed by atoms with van der Waals surface area (Å²) in [4.78, 5) is 0. The molecule has 1 aromatic heterocycles. The molecule has 1 heterocycles. The summed E-state index contributed by atoms with van der Waals surface area (Å²) in [7, 11) is 0. The number of fused-ring (bicyclic) bond motifs is 3. The Morgan fingerprint density at radius 1 is 1.00 bits per heavy atom. The van der Waals surface area contributed by atoms with Gasteiger partial charge in [-0.05, 0) is 72.8 Å². The van der Waals surface area contributed by atoms with Gasteiger partial charge >= 0.3 is 0 Å². The van der Waals surface area contributed by atoms with E-state index in [1.165, 1.54) is 59.9 Å². The average Bonchev–Trinajstić information content (AvgIpc) is 3.22. The maximum Gasteiger partial charge on any atom is 0.140 e. The molecule has 2 aromatic carbocycles. The Balaban J connectivity index is 1.41. The highest BCUT2D eigenvalue weighted by Crippen LogP contribution is 2.44. The molecule has 0 bridgehead atoms. The first-order chi connectivity index (χ1) is 14.7. The van der Waals surface area contributed by atoms with Gasteiger partial charge < -0.3 is 4.52 Å². The first kappa shape index (κ1) is 19.5. The molecular weight excluding hydrogens is 373 g/mol. The standard InChI is InChI=1S/C27H30FNO/c1-2-19-6-12-23-20(18-19)7-13-24-25(30-29-26(23)24)14-17-27(15-4-3-5-16-27)21-8-10-22(28)11-9-21/h6,8-12,18H,2-5,7,13-17H2,1H3. The van der Waals surface area contributed by atoms with Crippen LogP contribution >= 0.6 is 0 Å². The summed E-state index contributed by atoms with van der Waals surface area (Å²) in [5.74, 6) is 0.904. The smallest absolute Gasteiger partial charge is 0.140 e. The van der Waals surface area contributed by atoms with Crippen LogP contribution in [0.1, 0.15) is 73.5 Å². The van der Waals surface area contributed by atoms with Gasteiger partial charge in [0.15, 0.2) is 0 Å². The lowest BCUT2D eigenvalue weighted by molar-refractivity contribution is 0.263. The summed E-state index contributed by atoms with van der Waals surface area (Å²) in [6, 6.07) is 14.0. The lowest BCUT2D eigenvalue weighted by Crippen LogP contribution is -2.30. The van der Waals surface area contributed by atoms with Crippen molar-refractivity contribution in [2.45, 2.75) is 76.5 Å². The van der Waals surface area contributed by atoms with E-state index in [0.29, 0.717) is 0 Å². The van der Waals surface area contributed by atoms with Crippen molar-refractivity contribution >= 4 is 0 Å². The van der Waals surface area contributed by atoms with Gasteiger partial charge in [0, 0.05) is 17.5 Å². The molecule has 2 aliphatic carbocycles. The largest absolute Gasteiger partial charge is 0.360 e. The van der Waals surface area contributed by atoms with Crippen LogP contribution in [-0.2, 0) is 31.1 Å². The maximum absolute atomic E-state index is 13.5. The maximum atomic E-state index is 13.5. The highest BCUT2D eigenvalue weighted by Gasteiger charge is 2.35. The van der Waals surface area contributed by atoms with Gasteiger partial charge in [0.1, 0.15) is 17.3 Å². The quantitative estimate of drug-likeness (QED) is 0.459. The molecule has 0 atom stereocenters. The van der Waals surface area contributed by atoms with Gasteiger partial charge in [0.05, 0.1) is 0 Å². The molecular formula is C27H30FNO. The number of benzene rings is 2. The van der Waals surface area contributed by atoms with Crippen molar-refractivity contribution in [2.24, 2.45) is 0 Å². The number of aromatic nitrogens is 1. The van der Waals surface area contributed by atoms with Gasteiger partial charge in [-0.1, -0.05) is 61.7 Å². The van der Waals surface area contributed by atoms with Crippen molar-refractivity contribution in [3.8, 4) is 11.3 Å². The molecule has 2 aliphatic rings. The molecule has 30 heavy (non-hydrogen) atoms. The fraction of sp³-hybridized carbons (Fsp3) is 0.444. The van der Waals surface area contributed by atoms with Crippen molar-refractivity contribution in [2.75, 3.05) is 0 Å². The van der Waals surface area contributed by atoms with Crippen molar-refractivity contribution in [1.82, 2.24) is 5.16 Å². The zero-order chi connectivity index (χ0) is 20.6. The minimum absolute atomic E-state index is 0.133. The lowest BCUT2D eigenvalue weighted by atomic mass is 9.66. The number of hydrogen-bond acceptors (Lipinski definition) is 2. The molecule has 3 heteroatoms. The summed E-state index contributed by atoms with van der Waals surface area (Å²) in [5, 5.41) is 4.50. The van der Waals surface area contributed by atoms with E-state index >= 15 is 0 Å². The van der Waals surface area contributed by atoms with Gasteiger partial charge in [-0.2, -0.15) is 0 Å². The monoisotopic (exact) mass is 403 g/mol. The molecule has 3 aromatic rings. The van der Waals surface area contributed by atoms with E-state index in [2.05, 4.69) is 30.3 Å². The van der Waals surface area contributed by atoms with E-state index in [9.17, 15) is 4.39 Å². The molecule has 0 aliphatic heterocycles. The number of nitrogens with zero attached hydrogens (tertiary/aromatic N) is 1. The second kappa shape index (κ2) is 8.02. The number of hydrogen-bond donors (Lipinski definition) is 0. The molecule has 5 rings (SSSR count). The van der Waals surface area contributed by atoms with Gasteiger partial charge in [-0.15, -0.1) is 0 Å². The molecule has 0 radical (unpaired) electrons. The molecule has 0 amide bonds. The fourth-order valence-corrected chi connectivity index (χ4v) is 5.64. The normalized spacial score (nSPS) is 17.4. The zero-order valence-electron chi connectivity index (χ0n) is 17.8. The molecule has 0 unspecified atom stereocenters. The van der Waals surface area contributed by atoms with Crippen molar-refractivity contribution in [3.05, 3.63) is 76.3 Å². The molecule has 0 N–H and O–H groups in total. The number of halogens is 1. The van der Waals surface area contributed by atoms with E-state index in [1.54, 1.807) is 12.1 Å². The van der Waals surface area contributed by atoms with Crippen LogP contribution in [0, 0.1) is 5.82 Å². The Hall–Kier alpha value is -2.42. The molecule has 0 spiro atoms. The average molecular weight is 404 g/mol. The molecule has 156 valence electrons. The van der Waals surface area contributed by atoms with E-state index < -0.39 is 0 Å². The minimum atomic E-state index is -0.154. The Kier molecular flexibility index (Phi) is 5.22. The SMILES string of the molecule is CCc1ccc2c(c1)CCc1c-2noc1CCC1(c2ccc(F)cc2)CCCCC1. The third-order valence-electron chi connectivity index (χ3n) is 7.44. The zero-order valence-corrected chi connectivity index (χ0v) is 17.8. The highest BCUT2D eigenvalue weighted by atomic mass is 19.1. The van der Waals surface area contributed by atoms with Gasteiger partial charge in [0.25, 0.3) is 0 Å². The Morgan fingerprint density at radius 2 is 1.80 bits per heavy atom. The van der Waals surface area contributed by atoms with Gasteiger partial charge in [-0.3, -0.25) is 0 Å². The summed E-state index contributed by atoms with van der Waals surface area (Å²) in [6.07, 6.45) is 11.2. The first-order valence-corrected chi connectivity index (χ1v) is 11.5. The van der Waals surface area contributed by atoms with Crippen molar-refractivity contribution < 1.29 is 8.91 Å². The van der Waals surface area contributed by atoms with Crippen molar-refractivity contribution in [3.63, 3.8) is 0 Å².